The molecule has 2 N–H and O–H groups in total. The highest BCUT2D eigenvalue weighted by molar-refractivity contribution is 7.91. The standard InChI is InChI=1S/C13H20N2O3S/c1-9(10(2)19(4,17)18)15(3)13(16)11-6-5-7-12(14)8-11/h5-10H,14H2,1-4H3. The number of hydrogen-bond acceptors (Lipinski definition) is 4. The second-order valence-electron chi connectivity index (χ2n) is 4.82. The van der Waals surface area contributed by atoms with E-state index in [1.807, 2.05) is 0 Å². The molecule has 0 aliphatic carbocycles. The summed E-state index contributed by atoms with van der Waals surface area (Å²) in [5.41, 5.74) is 6.59. The Hall–Kier alpha value is -1.56. The molecule has 19 heavy (non-hydrogen) atoms. The van der Waals surface area contributed by atoms with Crippen LogP contribution in [0.1, 0.15) is 24.2 Å². The molecular formula is C13H20N2O3S. The van der Waals surface area contributed by atoms with Crippen molar-refractivity contribution < 1.29 is 13.2 Å². The van der Waals surface area contributed by atoms with Gasteiger partial charge in [-0.1, -0.05) is 6.07 Å². The van der Waals surface area contributed by atoms with Crippen LogP contribution < -0.4 is 5.73 Å². The monoisotopic (exact) mass is 284 g/mol. The van der Waals surface area contributed by atoms with Crippen LogP contribution in [0.5, 0.6) is 0 Å². The number of carbonyl (C=O) groups is 1. The fraction of sp³-hybridized carbons (Fsp3) is 0.462. The average Bonchev–Trinajstić information content (AvgIpc) is 2.34. The van der Waals surface area contributed by atoms with Gasteiger partial charge in [0.15, 0.2) is 9.84 Å². The van der Waals surface area contributed by atoms with Gasteiger partial charge in [0.2, 0.25) is 0 Å². The SMILES string of the molecule is CC(C(C)S(C)(=O)=O)N(C)C(=O)c1cccc(N)c1. The van der Waals surface area contributed by atoms with Crippen molar-refractivity contribution in [2.75, 3.05) is 19.0 Å². The molecule has 5 nitrogen and oxygen atoms in total. The molecule has 0 spiro atoms. The number of hydrogen-bond donors (Lipinski definition) is 1. The van der Waals surface area contributed by atoms with E-state index in [4.69, 9.17) is 5.73 Å². The third-order valence-electron chi connectivity index (χ3n) is 3.42. The van der Waals surface area contributed by atoms with Crippen molar-refractivity contribution in [3.05, 3.63) is 29.8 Å². The molecule has 2 unspecified atom stereocenters. The highest BCUT2D eigenvalue weighted by Gasteiger charge is 2.28. The lowest BCUT2D eigenvalue weighted by molar-refractivity contribution is 0.0743. The van der Waals surface area contributed by atoms with Gasteiger partial charge < -0.3 is 10.6 Å². The Kier molecular flexibility index (Phi) is 4.57. The molecule has 0 bridgehead atoms. The van der Waals surface area contributed by atoms with E-state index >= 15 is 0 Å². The lowest BCUT2D eigenvalue weighted by Crippen LogP contribution is -2.44. The first-order valence-corrected chi connectivity index (χ1v) is 7.91. The minimum absolute atomic E-state index is 0.240. The highest BCUT2D eigenvalue weighted by atomic mass is 32.2. The summed E-state index contributed by atoms with van der Waals surface area (Å²) in [5.74, 6) is -0.240. The molecule has 1 amide bonds. The van der Waals surface area contributed by atoms with Gasteiger partial charge in [-0.25, -0.2) is 8.42 Å². The second-order valence-corrected chi connectivity index (χ2v) is 7.22. The molecule has 6 heteroatoms. The Morgan fingerprint density at radius 1 is 1.32 bits per heavy atom. The predicted molar refractivity (Wildman–Crippen MR) is 76.7 cm³/mol. The van der Waals surface area contributed by atoms with Gasteiger partial charge in [-0.3, -0.25) is 4.79 Å². The maximum Gasteiger partial charge on any atom is 0.253 e. The number of sulfone groups is 1. The van der Waals surface area contributed by atoms with Gasteiger partial charge >= 0.3 is 0 Å². The minimum Gasteiger partial charge on any atom is -0.399 e. The zero-order chi connectivity index (χ0) is 14.8. The molecule has 1 aromatic carbocycles. The Bertz CT molecular complexity index is 569. The van der Waals surface area contributed by atoms with E-state index in [2.05, 4.69) is 0 Å². The number of benzene rings is 1. The van der Waals surface area contributed by atoms with Crippen LogP contribution in [0.25, 0.3) is 0 Å². The van der Waals surface area contributed by atoms with E-state index in [1.54, 1.807) is 45.2 Å². The van der Waals surface area contributed by atoms with Crippen LogP contribution >= 0.6 is 0 Å². The molecule has 0 aromatic heterocycles. The quantitative estimate of drug-likeness (QED) is 0.841. The van der Waals surface area contributed by atoms with Crippen molar-refractivity contribution in [2.45, 2.75) is 25.1 Å². The summed E-state index contributed by atoms with van der Waals surface area (Å²) in [7, 11) is -1.59. The highest BCUT2D eigenvalue weighted by Crippen LogP contribution is 2.15. The average molecular weight is 284 g/mol. The van der Waals surface area contributed by atoms with Gasteiger partial charge in [0.25, 0.3) is 5.91 Å². The van der Waals surface area contributed by atoms with Gasteiger partial charge in [-0.15, -0.1) is 0 Å². The molecule has 0 saturated heterocycles. The fourth-order valence-corrected chi connectivity index (χ4v) is 2.63. The van der Waals surface area contributed by atoms with Crippen molar-refractivity contribution in [3.8, 4) is 0 Å². The largest absolute Gasteiger partial charge is 0.399 e. The Morgan fingerprint density at radius 3 is 2.37 bits per heavy atom. The van der Waals surface area contributed by atoms with Crippen molar-refractivity contribution >= 4 is 21.4 Å². The van der Waals surface area contributed by atoms with E-state index in [1.165, 1.54) is 11.2 Å². The number of nitrogen functional groups attached to an aromatic ring is 1. The number of carbonyl (C=O) groups excluding carboxylic acids is 1. The summed E-state index contributed by atoms with van der Waals surface area (Å²) in [6.45, 7) is 3.32. The molecule has 0 aliphatic heterocycles. The first kappa shape index (κ1) is 15.5. The molecule has 106 valence electrons. The molecule has 0 heterocycles. The van der Waals surface area contributed by atoms with Gasteiger partial charge in [0.05, 0.1) is 5.25 Å². The van der Waals surface area contributed by atoms with E-state index < -0.39 is 21.1 Å². The van der Waals surface area contributed by atoms with Crippen molar-refractivity contribution in [1.29, 1.82) is 0 Å². The smallest absolute Gasteiger partial charge is 0.253 e. The van der Waals surface area contributed by atoms with Gasteiger partial charge in [-0.05, 0) is 32.0 Å². The maximum atomic E-state index is 12.2. The third kappa shape index (κ3) is 3.70. The van der Waals surface area contributed by atoms with Crippen LogP contribution in [0.15, 0.2) is 24.3 Å². The summed E-state index contributed by atoms with van der Waals surface area (Å²) in [6.07, 6.45) is 1.17. The first-order chi connectivity index (χ1) is 8.64. The van der Waals surface area contributed by atoms with Crippen molar-refractivity contribution in [2.24, 2.45) is 0 Å². The summed E-state index contributed by atoms with van der Waals surface area (Å²) < 4.78 is 23.1. The van der Waals surface area contributed by atoms with E-state index in [-0.39, 0.29) is 5.91 Å². The number of nitrogens with zero attached hydrogens (tertiary/aromatic N) is 1. The van der Waals surface area contributed by atoms with E-state index in [0.717, 1.165) is 0 Å². The Balaban J connectivity index is 2.94. The second kappa shape index (κ2) is 5.61. The fourth-order valence-electron chi connectivity index (χ4n) is 1.73. The maximum absolute atomic E-state index is 12.2. The lowest BCUT2D eigenvalue weighted by atomic mass is 10.1. The molecule has 2 atom stereocenters. The summed E-state index contributed by atoms with van der Waals surface area (Å²) in [5, 5.41) is -0.623. The topological polar surface area (TPSA) is 80.5 Å². The molecule has 0 saturated carbocycles. The minimum atomic E-state index is -3.19. The molecule has 0 aliphatic rings. The molecule has 1 aromatic rings. The van der Waals surface area contributed by atoms with Crippen LogP contribution in [-0.2, 0) is 9.84 Å². The lowest BCUT2D eigenvalue weighted by Gasteiger charge is -2.29. The normalized spacial score (nSPS) is 14.7. The summed E-state index contributed by atoms with van der Waals surface area (Å²) in [6, 6.07) is 6.22. The van der Waals surface area contributed by atoms with Crippen molar-refractivity contribution in [3.63, 3.8) is 0 Å². The number of nitrogens with two attached hydrogens (primary N) is 1. The molecule has 0 radical (unpaired) electrons. The molecular weight excluding hydrogens is 264 g/mol. The third-order valence-corrected chi connectivity index (χ3v) is 5.16. The van der Waals surface area contributed by atoms with E-state index in [0.29, 0.717) is 11.3 Å². The first-order valence-electron chi connectivity index (χ1n) is 5.96. The van der Waals surface area contributed by atoms with Crippen LogP contribution in [0.3, 0.4) is 0 Å². The molecule has 0 fully saturated rings. The summed E-state index contributed by atoms with van der Waals surface area (Å²) >= 11 is 0. The van der Waals surface area contributed by atoms with Gasteiger partial charge in [0, 0.05) is 30.6 Å². The number of rotatable bonds is 4. The summed E-state index contributed by atoms with van der Waals surface area (Å²) in [4.78, 5) is 13.7. The Labute approximate surface area is 114 Å². The Morgan fingerprint density at radius 2 is 1.89 bits per heavy atom. The van der Waals surface area contributed by atoms with Gasteiger partial charge in [0.1, 0.15) is 0 Å². The number of amides is 1. The predicted octanol–water partition coefficient (Wildman–Crippen LogP) is 1.16. The number of anilines is 1. The van der Waals surface area contributed by atoms with Crippen LogP contribution in [0, 0.1) is 0 Å². The van der Waals surface area contributed by atoms with Gasteiger partial charge in [-0.2, -0.15) is 0 Å². The molecule has 1 rings (SSSR count). The zero-order valence-electron chi connectivity index (χ0n) is 11.6. The van der Waals surface area contributed by atoms with E-state index in [9.17, 15) is 13.2 Å². The van der Waals surface area contributed by atoms with Crippen molar-refractivity contribution in [1.82, 2.24) is 4.90 Å². The zero-order valence-corrected chi connectivity index (χ0v) is 12.4. The van der Waals surface area contributed by atoms with Crippen LogP contribution in [-0.4, -0.2) is 43.8 Å². The van der Waals surface area contributed by atoms with Crippen LogP contribution in [0.2, 0.25) is 0 Å². The van der Waals surface area contributed by atoms with Crippen LogP contribution in [0.4, 0.5) is 5.69 Å².